The Morgan fingerprint density at radius 3 is 2.12 bits per heavy atom. The van der Waals surface area contributed by atoms with Gasteiger partial charge in [0.05, 0.1) is 22.6 Å². The molecule has 5 nitrogen and oxygen atoms in total. The number of rotatable bonds is 2. The number of hydrogen-bond acceptors (Lipinski definition) is 3. The molecule has 25 heavy (non-hydrogen) atoms. The monoisotopic (exact) mass is 371 g/mol. The lowest BCUT2D eigenvalue weighted by molar-refractivity contribution is -0.137. The fourth-order valence-corrected chi connectivity index (χ4v) is 2.19. The molecule has 0 heterocycles. The zero-order chi connectivity index (χ0) is 18.8. The average molecular weight is 372 g/mol. The minimum atomic E-state index is -4.74. The first-order valence-electron chi connectivity index (χ1n) is 6.93. The summed E-state index contributed by atoms with van der Waals surface area (Å²) < 4.78 is 39.0. The second-order valence-corrected chi connectivity index (χ2v) is 5.62. The van der Waals surface area contributed by atoms with E-state index in [0.29, 0.717) is 6.07 Å². The Morgan fingerprint density at radius 2 is 1.56 bits per heavy atom. The van der Waals surface area contributed by atoms with Gasteiger partial charge in [-0.2, -0.15) is 13.2 Å². The summed E-state index contributed by atoms with van der Waals surface area (Å²) in [7, 11) is 0. The number of anilines is 3. The van der Waals surface area contributed by atoms with Crippen LogP contribution in [0.2, 0.25) is 5.02 Å². The highest BCUT2D eigenvalue weighted by molar-refractivity contribution is 6.44. The third-order valence-corrected chi connectivity index (χ3v) is 3.43. The fraction of sp³-hybridized carbons (Fsp3) is 0.125. The van der Waals surface area contributed by atoms with Gasteiger partial charge in [-0.15, -0.1) is 0 Å². The van der Waals surface area contributed by atoms with Crippen molar-refractivity contribution >= 4 is 40.5 Å². The number of nitrogen functional groups attached to an aromatic ring is 1. The molecule has 0 spiro atoms. The van der Waals surface area contributed by atoms with Crippen molar-refractivity contribution in [3.63, 3.8) is 0 Å². The summed E-state index contributed by atoms with van der Waals surface area (Å²) in [6.45, 7) is 1.79. The summed E-state index contributed by atoms with van der Waals surface area (Å²) >= 11 is 5.55. The quantitative estimate of drug-likeness (QED) is 0.554. The standard InChI is InChI=1S/C16H13ClF3N3O2/c1-8-2-4-13(11(21)6-8)23-15(25)14(24)22-12-5-3-9(17)7-10(12)16(18,19)20/h2-7H,21H2,1H3,(H,22,24)(H,23,25). The molecule has 0 aliphatic carbocycles. The minimum Gasteiger partial charge on any atom is -0.397 e. The van der Waals surface area contributed by atoms with Crippen LogP contribution in [0.5, 0.6) is 0 Å². The molecule has 0 fully saturated rings. The van der Waals surface area contributed by atoms with E-state index < -0.39 is 29.2 Å². The lowest BCUT2D eigenvalue weighted by atomic mass is 10.1. The van der Waals surface area contributed by atoms with E-state index >= 15 is 0 Å². The number of nitrogens with two attached hydrogens (primary N) is 1. The highest BCUT2D eigenvalue weighted by atomic mass is 35.5. The van der Waals surface area contributed by atoms with Crippen LogP contribution in [0.25, 0.3) is 0 Å². The van der Waals surface area contributed by atoms with Crippen molar-refractivity contribution in [3.8, 4) is 0 Å². The van der Waals surface area contributed by atoms with Crippen LogP contribution >= 0.6 is 11.6 Å². The number of halogens is 4. The third-order valence-electron chi connectivity index (χ3n) is 3.20. The van der Waals surface area contributed by atoms with Gasteiger partial charge in [-0.25, -0.2) is 0 Å². The molecule has 0 aliphatic rings. The van der Waals surface area contributed by atoms with Gasteiger partial charge in [-0.05, 0) is 42.8 Å². The van der Waals surface area contributed by atoms with Crippen LogP contribution in [0.1, 0.15) is 11.1 Å². The van der Waals surface area contributed by atoms with Crippen molar-refractivity contribution in [1.82, 2.24) is 0 Å². The van der Waals surface area contributed by atoms with Crippen molar-refractivity contribution in [1.29, 1.82) is 0 Å². The summed E-state index contributed by atoms with van der Waals surface area (Å²) in [5, 5.41) is 4.02. The first-order valence-corrected chi connectivity index (χ1v) is 7.31. The molecule has 0 saturated carbocycles. The van der Waals surface area contributed by atoms with E-state index in [1.165, 1.54) is 12.1 Å². The van der Waals surface area contributed by atoms with Gasteiger partial charge >= 0.3 is 18.0 Å². The molecule has 9 heteroatoms. The predicted molar refractivity (Wildman–Crippen MR) is 89.3 cm³/mol. The van der Waals surface area contributed by atoms with Gasteiger partial charge in [-0.3, -0.25) is 9.59 Å². The van der Waals surface area contributed by atoms with Crippen LogP contribution in [0.4, 0.5) is 30.2 Å². The maximum absolute atomic E-state index is 13.0. The number of hydrogen-bond donors (Lipinski definition) is 3. The van der Waals surface area contributed by atoms with Crippen molar-refractivity contribution in [2.45, 2.75) is 13.1 Å². The van der Waals surface area contributed by atoms with Crippen molar-refractivity contribution in [2.75, 3.05) is 16.4 Å². The van der Waals surface area contributed by atoms with E-state index in [1.807, 2.05) is 5.32 Å². The minimum absolute atomic E-state index is 0.151. The van der Waals surface area contributed by atoms with E-state index in [1.54, 1.807) is 19.1 Å². The summed E-state index contributed by atoms with van der Waals surface area (Å²) in [4.78, 5) is 23.8. The SMILES string of the molecule is Cc1ccc(NC(=O)C(=O)Nc2ccc(Cl)cc2C(F)(F)F)c(N)c1. The van der Waals surface area contributed by atoms with E-state index in [0.717, 1.165) is 11.6 Å². The van der Waals surface area contributed by atoms with E-state index in [-0.39, 0.29) is 16.4 Å². The van der Waals surface area contributed by atoms with Gasteiger partial charge in [0, 0.05) is 5.02 Å². The second-order valence-electron chi connectivity index (χ2n) is 5.19. The molecule has 2 rings (SSSR count). The molecule has 0 aromatic heterocycles. The maximum Gasteiger partial charge on any atom is 0.418 e. The molecule has 2 aromatic rings. The average Bonchev–Trinajstić information content (AvgIpc) is 2.50. The van der Waals surface area contributed by atoms with Crippen molar-refractivity contribution in [3.05, 3.63) is 52.5 Å². The van der Waals surface area contributed by atoms with Gasteiger partial charge in [0.2, 0.25) is 0 Å². The summed E-state index contributed by atoms with van der Waals surface area (Å²) in [5.74, 6) is -2.42. The molecular formula is C16H13ClF3N3O2. The van der Waals surface area contributed by atoms with Crippen LogP contribution in [-0.2, 0) is 15.8 Å². The Morgan fingerprint density at radius 1 is 1.00 bits per heavy atom. The number of alkyl halides is 3. The van der Waals surface area contributed by atoms with Gasteiger partial charge < -0.3 is 16.4 Å². The first-order chi connectivity index (χ1) is 11.6. The topological polar surface area (TPSA) is 84.2 Å². The third kappa shape index (κ3) is 4.63. The Bertz CT molecular complexity index is 838. The van der Waals surface area contributed by atoms with Crippen LogP contribution < -0.4 is 16.4 Å². The molecule has 0 saturated heterocycles. The van der Waals surface area contributed by atoms with E-state index in [4.69, 9.17) is 17.3 Å². The van der Waals surface area contributed by atoms with Crippen molar-refractivity contribution in [2.24, 2.45) is 0 Å². The highest BCUT2D eigenvalue weighted by Gasteiger charge is 2.34. The van der Waals surface area contributed by atoms with Crippen LogP contribution in [0.15, 0.2) is 36.4 Å². The summed E-state index contributed by atoms with van der Waals surface area (Å²) in [6, 6.07) is 7.52. The molecule has 0 unspecified atom stereocenters. The Hall–Kier alpha value is -2.74. The van der Waals surface area contributed by atoms with Gasteiger partial charge in [-0.1, -0.05) is 17.7 Å². The Balaban J connectivity index is 2.18. The number of carbonyl (C=O) groups is 2. The number of carbonyl (C=O) groups excluding carboxylic acids is 2. The Kier molecular flexibility index (Phi) is 5.22. The highest BCUT2D eigenvalue weighted by Crippen LogP contribution is 2.36. The normalized spacial score (nSPS) is 11.1. The zero-order valence-electron chi connectivity index (χ0n) is 12.9. The summed E-state index contributed by atoms with van der Waals surface area (Å²) in [5.41, 5.74) is 5.23. The largest absolute Gasteiger partial charge is 0.418 e. The van der Waals surface area contributed by atoms with E-state index in [2.05, 4.69) is 5.32 Å². The van der Waals surface area contributed by atoms with Crippen LogP contribution in [0, 0.1) is 6.92 Å². The number of aryl methyl sites for hydroxylation is 1. The Labute approximate surface area is 146 Å². The maximum atomic E-state index is 13.0. The molecule has 0 radical (unpaired) electrons. The lowest BCUT2D eigenvalue weighted by Crippen LogP contribution is -2.30. The lowest BCUT2D eigenvalue weighted by Gasteiger charge is -2.14. The molecular weight excluding hydrogens is 359 g/mol. The predicted octanol–water partition coefficient (Wildman–Crippen LogP) is 3.83. The second kappa shape index (κ2) is 7.02. The fourth-order valence-electron chi connectivity index (χ4n) is 2.01. The van der Waals surface area contributed by atoms with Crippen LogP contribution in [-0.4, -0.2) is 11.8 Å². The zero-order valence-corrected chi connectivity index (χ0v) is 13.6. The molecule has 4 N–H and O–H groups in total. The number of nitrogens with one attached hydrogen (secondary N) is 2. The van der Waals surface area contributed by atoms with Crippen LogP contribution in [0.3, 0.4) is 0 Å². The van der Waals surface area contributed by atoms with Gasteiger partial charge in [0.15, 0.2) is 0 Å². The van der Waals surface area contributed by atoms with Gasteiger partial charge in [0.25, 0.3) is 0 Å². The molecule has 0 bridgehead atoms. The van der Waals surface area contributed by atoms with Crippen molar-refractivity contribution < 1.29 is 22.8 Å². The molecule has 2 amide bonds. The smallest absolute Gasteiger partial charge is 0.397 e. The molecule has 132 valence electrons. The molecule has 0 aliphatic heterocycles. The number of benzene rings is 2. The first kappa shape index (κ1) is 18.6. The molecule has 2 aromatic carbocycles. The summed E-state index contributed by atoms with van der Waals surface area (Å²) in [6.07, 6.45) is -4.74. The molecule has 0 atom stereocenters. The van der Waals surface area contributed by atoms with Gasteiger partial charge in [0.1, 0.15) is 0 Å². The van der Waals surface area contributed by atoms with E-state index in [9.17, 15) is 22.8 Å². The number of amides is 2.